The molecule has 0 aliphatic carbocycles. The second-order valence-electron chi connectivity index (χ2n) is 14.2. The number of carbonyl (C=O) groups excluding carboxylic acids is 1. The molecule has 1 aliphatic heterocycles. The second kappa shape index (κ2) is 14.1. The van der Waals surface area contributed by atoms with Crippen molar-refractivity contribution in [3.8, 4) is 22.9 Å². The molecule has 0 unspecified atom stereocenters. The zero-order valence-corrected chi connectivity index (χ0v) is 29.8. The number of nitrogens with zero attached hydrogens (tertiary/aromatic N) is 3. The first-order valence-electron chi connectivity index (χ1n) is 16.1. The lowest BCUT2D eigenvalue weighted by molar-refractivity contribution is -0.317. The largest absolute Gasteiger partial charge is 0.490 e. The van der Waals surface area contributed by atoms with Crippen molar-refractivity contribution < 1.29 is 32.8 Å². The topological polar surface area (TPSA) is 140 Å². The van der Waals surface area contributed by atoms with Crippen LogP contribution in [0, 0.1) is 19.3 Å². The second-order valence-corrected chi connectivity index (χ2v) is 15.9. The molecule has 12 heteroatoms. The lowest BCUT2D eigenvalue weighted by Gasteiger charge is -2.36. The van der Waals surface area contributed by atoms with E-state index in [4.69, 9.17) is 9.47 Å². The fourth-order valence-electron chi connectivity index (χ4n) is 5.78. The SMILES string of the molecule is Cc1cccc(C)c1-c1cc2nc(n1)NS(=O)(=O)c1cccc(c1)C(=O)N(Cc1ccccc1OCC(C)(C)OO)[C@H](CC(C)(C)C)CO2. The van der Waals surface area contributed by atoms with E-state index in [1.54, 1.807) is 43.0 Å². The van der Waals surface area contributed by atoms with E-state index in [0.717, 1.165) is 16.7 Å². The summed E-state index contributed by atoms with van der Waals surface area (Å²) in [5.41, 5.74) is 2.97. The van der Waals surface area contributed by atoms with Gasteiger partial charge in [0, 0.05) is 22.8 Å². The first-order valence-corrected chi connectivity index (χ1v) is 17.6. The molecule has 1 atom stereocenters. The molecule has 4 bridgehead atoms. The molecule has 1 amide bonds. The van der Waals surface area contributed by atoms with E-state index >= 15 is 0 Å². The highest BCUT2D eigenvalue weighted by Crippen LogP contribution is 2.32. The molecule has 0 radical (unpaired) electrons. The highest BCUT2D eigenvalue weighted by Gasteiger charge is 2.32. The van der Waals surface area contributed by atoms with Gasteiger partial charge in [-0.1, -0.05) is 63.2 Å². The minimum absolute atomic E-state index is 0.0502. The standard InChI is InChI=1S/C37H44N4O7S/c1-24-12-10-13-25(2)33(24)30-19-32-39-35(38-30)40-49(44,45)29-16-11-15-26(18-29)34(42)41(28(22-46-32)20-36(3,4)5)21-27-14-8-9-17-31(27)47-23-37(6,7)48-43/h8-19,28,43H,20-23H2,1-7H3,(H,38,39,40)/t28-/m1/s1. The summed E-state index contributed by atoms with van der Waals surface area (Å²) >= 11 is 0. The van der Waals surface area contributed by atoms with E-state index in [1.807, 2.05) is 50.2 Å². The molecule has 260 valence electrons. The minimum atomic E-state index is -4.20. The van der Waals surface area contributed by atoms with Gasteiger partial charge in [0.25, 0.3) is 15.9 Å². The highest BCUT2D eigenvalue weighted by molar-refractivity contribution is 7.92. The van der Waals surface area contributed by atoms with Crippen LogP contribution in [0.15, 0.2) is 77.7 Å². The molecule has 0 spiro atoms. The fourth-order valence-corrected chi connectivity index (χ4v) is 6.77. The molecule has 0 fully saturated rings. The van der Waals surface area contributed by atoms with Gasteiger partial charge < -0.3 is 14.4 Å². The van der Waals surface area contributed by atoms with Crippen LogP contribution in [0.2, 0.25) is 0 Å². The normalized spacial score (nSPS) is 16.4. The third-order valence-electron chi connectivity index (χ3n) is 8.17. The average Bonchev–Trinajstić information content (AvgIpc) is 3.04. The van der Waals surface area contributed by atoms with Gasteiger partial charge in [-0.15, -0.1) is 0 Å². The van der Waals surface area contributed by atoms with E-state index < -0.39 is 21.7 Å². The van der Waals surface area contributed by atoms with Gasteiger partial charge in [0.1, 0.15) is 24.6 Å². The molecule has 0 saturated carbocycles. The van der Waals surface area contributed by atoms with E-state index in [1.165, 1.54) is 12.1 Å². The van der Waals surface area contributed by atoms with Crippen LogP contribution in [0.1, 0.15) is 68.1 Å². The maximum Gasteiger partial charge on any atom is 0.264 e. The van der Waals surface area contributed by atoms with E-state index in [9.17, 15) is 18.5 Å². The summed E-state index contributed by atoms with van der Waals surface area (Å²) in [7, 11) is -4.20. The number of hydrogen-bond donors (Lipinski definition) is 2. The molecule has 0 saturated heterocycles. The summed E-state index contributed by atoms with van der Waals surface area (Å²) in [6.07, 6.45) is 0.547. The van der Waals surface area contributed by atoms with Crippen molar-refractivity contribution in [2.24, 2.45) is 5.41 Å². The Balaban J connectivity index is 1.65. The first-order chi connectivity index (χ1) is 23.0. The van der Waals surface area contributed by atoms with Crippen LogP contribution in [-0.4, -0.2) is 59.3 Å². The summed E-state index contributed by atoms with van der Waals surface area (Å²) < 4.78 is 42.4. The van der Waals surface area contributed by atoms with Crippen LogP contribution >= 0.6 is 0 Å². The number of hydrogen-bond acceptors (Lipinski definition) is 9. The number of aromatic nitrogens is 2. The number of para-hydroxylation sites is 1. The predicted octanol–water partition coefficient (Wildman–Crippen LogP) is 7.05. The molecule has 1 aliphatic rings. The number of fused-ring (bicyclic) bond motifs is 4. The van der Waals surface area contributed by atoms with Crippen molar-refractivity contribution in [1.29, 1.82) is 0 Å². The number of amides is 1. The number of anilines is 1. The van der Waals surface area contributed by atoms with Crippen molar-refractivity contribution >= 4 is 21.9 Å². The molecular weight excluding hydrogens is 644 g/mol. The zero-order chi connectivity index (χ0) is 35.6. The third kappa shape index (κ3) is 8.75. The maximum atomic E-state index is 14.5. The van der Waals surface area contributed by atoms with E-state index in [-0.39, 0.29) is 53.4 Å². The van der Waals surface area contributed by atoms with Gasteiger partial charge in [0.05, 0.1) is 23.2 Å². The van der Waals surface area contributed by atoms with Gasteiger partial charge in [-0.3, -0.25) is 10.1 Å². The molecule has 1 aromatic heterocycles. The fraction of sp³-hybridized carbons (Fsp3) is 0.378. The Labute approximate surface area is 288 Å². The smallest absolute Gasteiger partial charge is 0.264 e. The van der Waals surface area contributed by atoms with Gasteiger partial charge in [0.2, 0.25) is 11.8 Å². The highest BCUT2D eigenvalue weighted by atomic mass is 32.2. The molecule has 2 heterocycles. The molecule has 2 N–H and O–H groups in total. The van der Waals surface area contributed by atoms with Gasteiger partial charge in [-0.2, -0.15) is 4.98 Å². The number of nitrogens with one attached hydrogen (secondary N) is 1. The van der Waals surface area contributed by atoms with Crippen LogP contribution in [0.5, 0.6) is 11.6 Å². The molecular formula is C37H44N4O7S. The number of ether oxygens (including phenoxy) is 2. The van der Waals surface area contributed by atoms with E-state index in [2.05, 4.69) is 40.3 Å². The molecule has 49 heavy (non-hydrogen) atoms. The number of aryl methyl sites for hydroxylation is 2. The Hall–Kier alpha value is -4.52. The van der Waals surface area contributed by atoms with E-state index in [0.29, 0.717) is 23.4 Å². The van der Waals surface area contributed by atoms with Crippen LogP contribution in [0.3, 0.4) is 0 Å². The number of carbonyl (C=O) groups is 1. The first kappa shape index (κ1) is 35.8. The maximum absolute atomic E-state index is 14.5. The summed E-state index contributed by atoms with van der Waals surface area (Å²) in [5.74, 6) is 0.156. The summed E-state index contributed by atoms with van der Waals surface area (Å²) in [4.78, 5) is 29.8. The van der Waals surface area contributed by atoms with Crippen molar-refractivity contribution in [3.63, 3.8) is 0 Å². The molecule has 5 rings (SSSR count). The Bertz CT molecular complexity index is 1920. The van der Waals surface area contributed by atoms with Crippen molar-refractivity contribution in [1.82, 2.24) is 14.9 Å². The van der Waals surface area contributed by atoms with Crippen LogP contribution in [0.25, 0.3) is 11.3 Å². The Morgan fingerprint density at radius 1 is 0.959 bits per heavy atom. The summed E-state index contributed by atoms with van der Waals surface area (Å²) in [6, 6.07) is 20.4. The number of benzene rings is 3. The van der Waals surface area contributed by atoms with Gasteiger partial charge >= 0.3 is 0 Å². The lowest BCUT2D eigenvalue weighted by atomic mass is 9.87. The van der Waals surface area contributed by atoms with Gasteiger partial charge in [-0.25, -0.2) is 23.0 Å². The molecule has 4 aromatic rings. The van der Waals surface area contributed by atoms with Crippen LogP contribution in [0.4, 0.5) is 5.95 Å². The van der Waals surface area contributed by atoms with Crippen LogP contribution < -0.4 is 14.2 Å². The molecule has 11 nitrogen and oxygen atoms in total. The minimum Gasteiger partial charge on any atom is -0.490 e. The Morgan fingerprint density at radius 2 is 1.65 bits per heavy atom. The average molecular weight is 689 g/mol. The number of sulfonamides is 1. The number of rotatable bonds is 8. The predicted molar refractivity (Wildman–Crippen MR) is 187 cm³/mol. The van der Waals surface area contributed by atoms with Crippen LogP contribution in [-0.2, 0) is 21.5 Å². The monoisotopic (exact) mass is 688 g/mol. The summed E-state index contributed by atoms with van der Waals surface area (Å²) in [6.45, 7) is 13.8. The third-order valence-corrected chi connectivity index (χ3v) is 9.49. The van der Waals surface area contributed by atoms with Gasteiger partial charge in [0.15, 0.2) is 0 Å². The van der Waals surface area contributed by atoms with Crippen molar-refractivity contribution in [2.45, 2.75) is 78.0 Å². The van der Waals surface area contributed by atoms with Gasteiger partial charge in [-0.05, 0) is 74.9 Å². The Morgan fingerprint density at radius 3 is 2.35 bits per heavy atom. The quantitative estimate of drug-likeness (QED) is 0.147. The molecule has 3 aromatic carbocycles. The Kier molecular flexibility index (Phi) is 10.3. The summed E-state index contributed by atoms with van der Waals surface area (Å²) in [5, 5.41) is 9.31. The zero-order valence-electron chi connectivity index (χ0n) is 29.0. The lowest BCUT2D eigenvalue weighted by Crippen LogP contribution is -2.45. The van der Waals surface area contributed by atoms with Crippen molar-refractivity contribution in [3.05, 3.63) is 95.1 Å². The van der Waals surface area contributed by atoms with Crippen molar-refractivity contribution in [2.75, 3.05) is 17.9 Å².